The fourth-order valence-corrected chi connectivity index (χ4v) is 3.94. The van der Waals surface area contributed by atoms with Gasteiger partial charge in [0.1, 0.15) is 11.4 Å². The summed E-state index contributed by atoms with van der Waals surface area (Å²) in [6, 6.07) is 3.10. The molecule has 0 fully saturated rings. The van der Waals surface area contributed by atoms with E-state index in [1.807, 2.05) is 6.92 Å². The molecular weight excluding hydrogens is 361 g/mol. The molecule has 2 amide bonds. The van der Waals surface area contributed by atoms with E-state index in [1.54, 1.807) is 25.5 Å². The van der Waals surface area contributed by atoms with Crippen LogP contribution in [0.3, 0.4) is 0 Å². The van der Waals surface area contributed by atoms with Crippen molar-refractivity contribution in [3.8, 4) is 16.9 Å². The predicted molar refractivity (Wildman–Crippen MR) is 103 cm³/mol. The first-order valence-corrected chi connectivity index (χ1v) is 9.49. The Morgan fingerprint density at radius 2 is 2.21 bits per heavy atom. The number of amides is 2. The number of anilines is 1. The largest absolute Gasteiger partial charge is 0.481 e. The molecule has 1 aliphatic heterocycles. The van der Waals surface area contributed by atoms with Crippen LogP contribution in [0.1, 0.15) is 43.4 Å². The second-order valence-corrected chi connectivity index (χ2v) is 7.17. The average Bonchev–Trinajstić information content (AvgIpc) is 2.70. The van der Waals surface area contributed by atoms with Gasteiger partial charge in [-0.25, -0.2) is 4.39 Å². The van der Waals surface area contributed by atoms with Crippen molar-refractivity contribution in [2.24, 2.45) is 0 Å². The number of carbonyl (C=O) groups is 2. The smallest absolute Gasteiger partial charge is 0.264 e. The van der Waals surface area contributed by atoms with Crippen LogP contribution in [0.4, 0.5) is 10.1 Å². The van der Waals surface area contributed by atoms with Gasteiger partial charge in [-0.05, 0) is 48.1 Å². The zero-order valence-corrected chi connectivity index (χ0v) is 15.9. The SMILES string of the molecule is CCC(=O)N[C@@H]1CCCc2c(-c3cc(F)c4c(c3)OCC(=O)N4C)cncc21. The van der Waals surface area contributed by atoms with Gasteiger partial charge in [0.2, 0.25) is 5.91 Å². The standard InChI is InChI=1S/C21H22FN3O3/c1-3-19(26)24-17-6-4-5-13-14(9-23-10-15(13)17)12-7-16(22)21-18(8-12)28-11-20(27)25(21)2/h7-10,17H,3-6,11H2,1-2H3,(H,24,26)/t17-/m1/s1. The molecule has 1 atom stereocenters. The van der Waals surface area contributed by atoms with Gasteiger partial charge in [0.15, 0.2) is 12.4 Å². The lowest BCUT2D eigenvalue weighted by atomic mass is 9.84. The summed E-state index contributed by atoms with van der Waals surface area (Å²) >= 11 is 0. The third-order valence-corrected chi connectivity index (χ3v) is 5.44. The fraction of sp³-hybridized carbons (Fsp3) is 0.381. The van der Waals surface area contributed by atoms with Crippen LogP contribution < -0.4 is 15.0 Å². The molecule has 146 valence electrons. The van der Waals surface area contributed by atoms with E-state index in [9.17, 15) is 14.0 Å². The average molecular weight is 383 g/mol. The Bertz CT molecular complexity index is 960. The molecule has 2 aliphatic rings. The number of likely N-dealkylation sites (N-methyl/N-ethyl adjacent to an activating group) is 1. The van der Waals surface area contributed by atoms with E-state index in [0.29, 0.717) is 17.7 Å². The lowest BCUT2D eigenvalue weighted by Gasteiger charge is -2.29. The Hall–Kier alpha value is -2.96. The van der Waals surface area contributed by atoms with Crippen LogP contribution in [0.2, 0.25) is 0 Å². The Balaban J connectivity index is 1.77. The summed E-state index contributed by atoms with van der Waals surface area (Å²) in [7, 11) is 1.54. The Labute approximate surface area is 162 Å². The second-order valence-electron chi connectivity index (χ2n) is 7.17. The maximum absolute atomic E-state index is 14.8. The quantitative estimate of drug-likeness (QED) is 0.884. The van der Waals surface area contributed by atoms with E-state index in [1.165, 1.54) is 11.0 Å². The topological polar surface area (TPSA) is 71.5 Å². The van der Waals surface area contributed by atoms with Crippen molar-refractivity contribution >= 4 is 17.5 Å². The van der Waals surface area contributed by atoms with Crippen LogP contribution in [-0.4, -0.2) is 30.5 Å². The second kappa shape index (κ2) is 7.22. The van der Waals surface area contributed by atoms with Crippen molar-refractivity contribution < 1.29 is 18.7 Å². The number of halogens is 1. The van der Waals surface area contributed by atoms with Gasteiger partial charge >= 0.3 is 0 Å². The summed E-state index contributed by atoms with van der Waals surface area (Å²) < 4.78 is 20.3. The molecule has 28 heavy (non-hydrogen) atoms. The molecule has 0 saturated heterocycles. The van der Waals surface area contributed by atoms with Gasteiger partial charge in [0.25, 0.3) is 5.91 Å². The maximum Gasteiger partial charge on any atom is 0.264 e. The van der Waals surface area contributed by atoms with Crippen LogP contribution in [0.5, 0.6) is 5.75 Å². The molecule has 1 N–H and O–H groups in total. The first kappa shape index (κ1) is 18.4. The maximum atomic E-state index is 14.8. The van der Waals surface area contributed by atoms with Gasteiger partial charge in [-0.2, -0.15) is 0 Å². The number of pyridine rings is 1. The third kappa shape index (κ3) is 3.10. The zero-order chi connectivity index (χ0) is 19.8. The van der Waals surface area contributed by atoms with Gasteiger partial charge in [-0.1, -0.05) is 6.92 Å². The van der Waals surface area contributed by atoms with Crippen LogP contribution in [0, 0.1) is 5.82 Å². The molecule has 0 radical (unpaired) electrons. The number of carbonyl (C=O) groups excluding carboxylic acids is 2. The van der Waals surface area contributed by atoms with Gasteiger partial charge in [-0.3, -0.25) is 14.6 Å². The highest BCUT2D eigenvalue weighted by atomic mass is 19.1. The van der Waals surface area contributed by atoms with Crippen molar-refractivity contribution in [2.75, 3.05) is 18.6 Å². The van der Waals surface area contributed by atoms with Crippen molar-refractivity contribution in [1.82, 2.24) is 10.3 Å². The number of rotatable bonds is 3. The molecule has 0 spiro atoms. The number of nitrogens with one attached hydrogen (secondary N) is 1. The van der Waals surface area contributed by atoms with Crippen LogP contribution in [-0.2, 0) is 16.0 Å². The van der Waals surface area contributed by atoms with Crippen LogP contribution in [0.25, 0.3) is 11.1 Å². The first-order chi connectivity index (χ1) is 13.5. The number of ether oxygens (including phenoxy) is 1. The van der Waals surface area contributed by atoms with E-state index in [4.69, 9.17) is 4.74 Å². The molecule has 0 saturated carbocycles. The number of hydrogen-bond donors (Lipinski definition) is 1. The molecule has 1 aliphatic carbocycles. The van der Waals surface area contributed by atoms with E-state index in [0.717, 1.165) is 36.0 Å². The summed E-state index contributed by atoms with van der Waals surface area (Å²) in [5, 5.41) is 3.05. The minimum atomic E-state index is -0.507. The summed E-state index contributed by atoms with van der Waals surface area (Å²) in [6.45, 7) is 1.72. The normalized spacial score (nSPS) is 18.2. The van der Waals surface area contributed by atoms with Gasteiger partial charge in [0.05, 0.1) is 6.04 Å². The number of hydrogen-bond acceptors (Lipinski definition) is 4. The van der Waals surface area contributed by atoms with Crippen LogP contribution >= 0.6 is 0 Å². The highest BCUT2D eigenvalue weighted by molar-refractivity contribution is 5.98. The molecule has 2 aromatic rings. The van der Waals surface area contributed by atoms with Crippen molar-refractivity contribution in [1.29, 1.82) is 0 Å². The molecule has 1 aromatic heterocycles. The van der Waals surface area contributed by atoms with Crippen LogP contribution in [0.15, 0.2) is 24.5 Å². The van der Waals surface area contributed by atoms with E-state index in [2.05, 4.69) is 10.3 Å². The molecular formula is C21H22FN3O3. The van der Waals surface area contributed by atoms with Crippen molar-refractivity contribution in [3.63, 3.8) is 0 Å². The summed E-state index contributed by atoms with van der Waals surface area (Å²) in [5.74, 6) is -0.440. The minimum Gasteiger partial charge on any atom is -0.481 e. The number of benzene rings is 1. The van der Waals surface area contributed by atoms with Crippen molar-refractivity contribution in [3.05, 3.63) is 41.5 Å². The predicted octanol–water partition coefficient (Wildman–Crippen LogP) is 3.15. The molecule has 4 rings (SSSR count). The Morgan fingerprint density at radius 3 is 3.00 bits per heavy atom. The first-order valence-electron chi connectivity index (χ1n) is 9.49. The molecule has 0 bridgehead atoms. The van der Waals surface area contributed by atoms with Gasteiger partial charge in [0, 0.05) is 31.4 Å². The highest BCUT2D eigenvalue weighted by Crippen LogP contribution is 2.41. The fourth-order valence-electron chi connectivity index (χ4n) is 3.94. The Morgan fingerprint density at radius 1 is 1.39 bits per heavy atom. The lowest BCUT2D eigenvalue weighted by molar-refractivity contribution is -0.122. The highest BCUT2D eigenvalue weighted by Gasteiger charge is 2.28. The van der Waals surface area contributed by atoms with Gasteiger partial charge in [-0.15, -0.1) is 0 Å². The lowest BCUT2D eigenvalue weighted by Crippen LogP contribution is -2.36. The number of fused-ring (bicyclic) bond motifs is 2. The Kier molecular flexibility index (Phi) is 4.75. The summed E-state index contributed by atoms with van der Waals surface area (Å²) in [4.78, 5) is 29.3. The van der Waals surface area contributed by atoms with E-state index >= 15 is 0 Å². The monoisotopic (exact) mass is 383 g/mol. The molecule has 6 nitrogen and oxygen atoms in total. The van der Waals surface area contributed by atoms with Gasteiger partial charge < -0.3 is 15.0 Å². The number of nitrogens with zero attached hydrogens (tertiary/aromatic N) is 2. The summed E-state index contributed by atoms with van der Waals surface area (Å²) in [6.07, 6.45) is 6.57. The van der Waals surface area contributed by atoms with E-state index in [-0.39, 0.29) is 30.2 Å². The summed E-state index contributed by atoms with van der Waals surface area (Å²) in [5.41, 5.74) is 3.70. The molecule has 1 aromatic carbocycles. The zero-order valence-electron chi connectivity index (χ0n) is 15.9. The third-order valence-electron chi connectivity index (χ3n) is 5.44. The molecule has 2 heterocycles. The number of aromatic nitrogens is 1. The minimum absolute atomic E-state index is 0.00387. The molecule has 0 unspecified atom stereocenters. The van der Waals surface area contributed by atoms with Crippen molar-refractivity contribution in [2.45, 2.75) is 38.6 Å². The molecule has 7 heteroatoms. The van der Waals surface area contributed by atoms with E-state index < -0.39 is 5.82 Å².